The lowest BCUT2D eigenvalue weighted by Crippen LogP contribution is -2.45. The Kier molecular flexibility index (Phi) is 5.88. The van der Waals surface area contributed by atoms with Gasteiger partial charge >= 0.3 is 6.36 Å². The molecule has 3 heterocycles. The summed E-state index contributed by atoms with van der Waals surface area (Å²) in [7, 11) is 0. The van der Waals surface area contributed by atoms with Gasteiger partial charge in [-0.1, -0.05) is 12.1 Å². The molecular formula is C24H21F4N5O4. The van der Waals surface area contributed by atoms with E-state index in [2.05, 4.69) is 14.8 Å². The second-order valence-electron chi connectivity index (χ2n) is 9.25. The van der Waals surface area contributed by atoms with Crippen LogP contribution in [-0.4, -0.2) is 55.7 Å². The molecule has 2 aromatic heterocycles. The van der Waals surface area contributed by atoms with E-state index >= 15 is 0 Å². The lowest BCUT2D eigenvalue weighted by molar-refractivity contribution is -0.275. The Morgan fingerprint density at radius 1 is 1.22 bits per heavy atom. The number of carbonyl (C=O) groups excluding carboxylic acids is 3. The summed E-state index contributed by atoms with van der Waals surface area (Å²) in [6, 6.07) is 3.83. The third-order valence-corrected chi connectivity index (χ3v) is 6.69. The number of amides is 2. The number of hydrogen-bond donors (Lipinski definition) is 1. The van der Waals surface area contributed by atoms with Crippen LogP contribution in [-0.2, 0) is 22.6 Å². The largest absolute Gasteiger partial charge is 0.573 e. The minimum absolute atomic E-state index is 0.0370. The van der Waals surface area contributed by atoms with E-state index in [1.807, 2.05) is 0 Å². The predicted octanol–water partition coefficient (Wildman–Crippen LogP) is 2.68. The molecule has 9 nitrogen and oxygen atoms in total. The smallest absolute Gasteiger partial charge is 0.403 e. The molecule has 2 amide bonds. The van der Waals surface area contributed by atoms with E-state index in [-0.39, 0.29) is 29.8 Å². The van der Waals surface area contributed by atoms with Crippen LogP contribution in [0, 0.1) is 18.7 Å². The fraction of sp³-hybridized carbons (Fsp3) is 0.375. The van der Waals surface area contributed by atoms with Gasteiger partial charge in [-0.25, -0.2) is 4.39 Å². The summed E-state index contributed by atoms with van der Waals surface area (Å²) >= 11 is 0. The van der Waals surface area contributed by atoms with Crippen molar-refractivity contribution < 1.29 is 36.7 Å². The highest BCUT2D eigenvalue weighted by Crippen LogP contribution is 2.48. The summed E-state index contributed by atoms with van der Waals surface area (Å²) in [5, 5.41) is 4.57. The summed E-state index contributed by atoms with van der Waals surface area (Å²) in [6.45, 7) is 1.46. The zero-order valence-electron chi connectivity index (χ0n) is 19.5. The fourth-order valence-corrected chi connectivity index (χ4v) is 4.99. The molecule has 0 spiro atoms. The first kappa shape index (κ1) is 24.7. The van der Waals surface area contributed by atoms with E-state index in [0.717, 1.165) is 12.1 Å². The van der Waals surface area contributed by atoms with Gasteiger partial charge in [-0.2, -0.15) is 5.10 Å². The zero-order valence-corrected chi connectivity index (χ0v) is 19.5. The molecule has 13 heteroatoms. The van der Waals surface area contributed by atoms with Crippen molar-refractivity contribution in [2.45, 2.75) is 51.2 Å². The number of fused-ring (bicyclic) bond motifs is 2. The van der Waals surface area contributed by atoms with E-state index in [1.54, 1.807) is 13.0 Å². The lowest BCUT2D eigenvalue weighted by atomic mass is 9.99. The molecular weight excluding hydrogens is 498 g/mol. The van der Waals surface area contributed by atoms with Crippen LogP contribution in [0.3, 0.4) is 0 Å². The topological polar surface area (TPSA) is 120 Å². The molecule has 5 rings (SSSR count). The Morgan fingerprint density at radius 3 is 2.68 bits per heavy atom. The molecule has 2 fully saturated rings. The molecule has 194 valence electrons. The number of ether oxygens (including phenoxy) is 1. The second kappa shape index (κ2) is 8.82. The van der Waals surface area contributed by atoms with E-state index in [4.69, 9.17) is 5.73 Å². The average Bonchev–Trinajstić information content (AvgIpc) is 3.32. The number of rotatable bonds is 7. The SMILES string of the molecule is Cc1cc2c(cn1)c(C(N)=O)nn2CC(=O)N1[C@@H]2C[C@@H]2C[C@H]1C(=O)Cc1cccc(OC(F)(F)F)c1F. The van der Waals surface area contributed by atoms with Gasteiger partial charge in [0.2, 0.25) is 5.91 Å². The summed E-state index contributed by atoms with van der Waals surface area (Å²) < 4.78 is 57.3. The number of ketones is 1. The molecule has 1 saturated heterocycles. The molecule has 3 atom stereocenters. The van der Waals surface area contributed by atoms with Crippen LogP contribution < -0.4 is 10.5 Å². The van der Waals surface area contributed by atoms with Crippen molar-refractivity contribution in [1.82, 2.24) is 19.7 Å². The number of alkyl halides is 3. The number of aryl methyl sites for hydroxylation is 1. The monoisotopic (exact) mass is 519 g/mol. The van der Waals surface area contributed by atoms with E-state index < -0.39 is 48.0 Å². The van der Waals surface area contributed by atoms with Crippen LogP contribution >= 0.6 is 0 Å². The standard InChI is InChI=1S/C24H21F4N5O4/c1-11-5-16-14(9-30-11)22(23(29)36)31-32(16)10-20(35)33-15-6-13(15)7-17(33)18(34)8-12-3-2-4-19(21(12)25)37-24(26,27)28/h2-5,9,13,15,17H,6-8,10H2,1H3,(H2,29,36)/t13-,15-,17+/m1/s1. The maximum absolute atomic E-state index is 14.6. The number of piperidine rings is 1. The van der Waals surface area contributed by atoms with E-state index in [1.165, 1.54) is 21.8 Å². The van der Waals surface area contributed by atoms with Gasteiger partial charge in [-0.3, -0.25) is 24.0 Å². The Bertz CT molecular complexity index is 1440. The number of hydrogen-bond acceptors (Lipinski definition) is 6. The van der Waals surface area contributed by atoms with Crippen molar-refractivity contribution in [1.29, 1.82) is 0 Å². The van der Waals surface area contributed by atoms with Crippen molar-refractivity contribution in [3.63, 3.8) is 0 Å². The Balaban J connectivity index is 1.37. The number of Topliss-reactive ketones (excluding diaryl/α,β-unsaturated/α-hetero) is 1. The predicted molar refractivity (Wildman–Crippen MR) is 120 cm³/mol. The highest BCUT2D eigenvalue weighted by atomic mass is 19.4. The summed E-state index contributed by atoms with van der Waals surface area (Å²) in [5.41, 5.74) is 6.24. The summed E-state index contributed by atoms with van der Waals surface area (Å²) in [5.74, 6) is -3.89. The van der Waals surface area contributed by atoms with Crippen molar-refractivity contribution in [2.24, 2.45) is 11.7 Å². The number of pyridine rings is 1. The van der Waals surface area contributed by atoms with Gasteiger partial charge in [0, 0.05) is 24.4 Å². The van der Waals surface area contributed by atoms with Crippen molar-refractivity contribution in [2.75, 3.05) is 0 Å². The van der Waals surface area contributed by atoms with Crippen LogP contribution in [0.2, 0.25) is 0 Å². The highest BCUT2D eigenvalue weighted by Gasteiger charge is 2.55. The van der Waals surface area contributed by atoms with Gasteiger partial charge in [0.15, 0.2) is 23.0 Å². The normalized spacial score (nSPS) is 20.7. The molecule has 2 aliphatic rings. The molecule has 37 heavy (non-hydrogen) atoms. The van der Waals surface area contributed by atoms with Gasteiger partial charge in [-0.15, -0.1) is 13.2 Å². The summed E-state index contributed by atoms with van der Waals surface area (Å²) in [4.78, 5) is 43.9. The van der Waals surface area contributed by atoms with Gasteiger partial charge < -0.3 is 15.4 Å². The molecule has 1 saturated carbocycles. The first-order chi connectivity index (χ1) is 17.4. The fourth-order valence-electron chi connectivity index (χ4n) is 4.99. The molecule has 1 aliphatic carbocycles. The van der Waals surface area contributed by atoms with Crippen molar-refractivity contribution in [3.8, 4) is 5.75 Å². The Labute approximate surface area is 207 Å². The average molecular weight is 519 g/mol. The zero-order chi connectivity index (χ0) is 26.6. The first-order valence-corrected chi connectivity index (χ1v) is 11.4. The Morgan fingerprint density at radius 2 is 1.97 bits per heavy atom. The Hall–Kier alpha value is -4.03. The molecule has 3 aromatic rings. The number of likely N-dealkylation sites (tertiary alicyclic amines) is 1. The minimum atomic E-state index is -5.08. The number of halogens is 4. The lowest BCUT2D eigenvalue weighted by Gasteiger charge is -2.27. The van der Waals surface area contributed by atoms with Gasteiger partial charge in [0.1, 0.15) is 6.54 Å². The number of benzene rings is 1. The molecule has 0 bridgehead atoms. The van der Waals surface area contributed by atoms with Crippen LogP contribution in [0.4, 0.5) is 17.6 Å². The minimum Gasteiger partial charge on any atom is -0.403 e. The van der Waals surface area contributed by atoms with Crippen LogP contribution in [0.5, 0.6) is 5.75 Å². The van der Waals surface area contributed by atoms with Crippen LogP contribution in [0.25, 0.3) is 10.9 Å². The number of primary amides is 1. The highest BCUT2D eigenvalue weighted by molar-refractivity contribution is 6.04. The number of carbonyl (C=O) groups is 3. The first-order valence-electron chi connectivity index (χ1n) is 11.4. The van der Waals surface area contributed by atoms with Gasteiger partial charge in [0.05, 0.1) is 16.9 Å². The number of nitrogens with two attached hydrogens (primary N) is 1. The van der Waals surface area contributed by atoms with Gasteiger partial charge in [0.25, 0.3) is 5.91 Å². The number of aromatic nitrogens is 3. The molecule has 2 N–H and O–H groups in total. The third kappa shape index (κ3) is 4.72. The van der Waals surface area contributed by atoms with Crippen LogP contribution in [0.15, 0.2) is 30.5 Å². The van der Waals surface area contributed by atoms with E-state index in [0.29, 0.717) is 29.4 Å². The third-order valence-electron chi connectivity index (χ3n) is 6.69. The molecule has 1 aliphatic heterocycles. The summed E-state index contributed by atoms with van der Waals surface area (Å²) in [6.07, 6.45) is -3.04. The van der Waals surface area contributed by atoms with E-state index in [9.17, 15) is 31.9 Å². The van der Waals surface area contributed by atoms with Crippen LogP contribution in [0.1, 0.15) is 34.6 Å². The van der Waals surface area contributed by atoms with Gasteiger partial charge in [-0.05, 0) is 43.4 Å². The maximum Gasteiger partial charge on any atom is 0.573 e. The van der Waals surface area contributed by atoms with Crippen molar-refractivity contribution >= 4 is 28.5 Å². The second-order valence-corrected chi connectivity index (χ2v) is 9.25. The maximum atomic E-state index is 14.6. The molecule has 0 radical (unpaired) electrons. The molecule has 0 unspecified atom stereocenters. The molecule has 1 aromatic carbocycles. The number of nitrogens with zero attached hydrogens (tertiary/aromatic N) is 4. The quantitative estimate of drug-likeness (QED) is 0.480. The van der Waals surface area contributed by atoms with Crippen molar-refractivity contribution in [3.05, 3.63) is 53.2 Å².